The van der Waals surface area contributed by atoms with Crippen LogP contribution in [0.1, 0.15) is 30.4 Å². The maximum Gasteiger partial charge on any atom is 0.310 e. The Morgan fingerprint density at radius 3 is 2.44 bits per heavy atom. The molecule has 1 amide bonds. The number of rotatable bonds is 11. The largest absolute Gasteiger partial charge is 0.481 e. The number of methoxy groups -OCH3 is 2. The predicted molar refractivity (Wildman–Crippen MR) is 200 cm³/mol. The standard InChI is InChI=1S/C39H38Cl2N6O5/c1-51-37-24(18-42-20-27-10-12-34(48)44-27)9-11-32(45-37)31-8-4-7-30(36(31)41)29-6-3-5-28(35(29)40)23-14-16-47-33(17-23)43-19-26(38(47)49)22-46-15-13-25(21-46)39(50)52-2/h3-9,11,14,16-17,19,25,27,42H,10,12-13,15,18,20-22H2,1-2H3,(H,44,48)/t25-,27+/m0/s1. The number of aromatic nitrogens is 3. The maximum absolute atomic E-state index is 13.4. The summed E-state index contributed by atoms with van der Waals surface area (Å²) in [5.41, 5.74) is 6.21. The lowest BCUT2D eigenvalue weighted by atomic mass is 9.97. The summed E-state index contributed by atoms with van der Waals surface area (Å²) in [4.78, 5) is 48.4. The second kappa shape index (κ2) is 15.4. The van der Waals surface area contributed by atoms with E-state index in [1.54, 1.807) is 19.5 Å². The fourth-order valence-corrected chi connectivity index (χ4v) is 7.67. The van der Waals surface area contributed by atoms with Crippen LogP contribution in [0, 0.1) is 5.92 Å². The predicted octanol–water partition coefficient (Wildman–Crippen LogP) is 5.77. The summed E-state index contributed by atoms with van der Waals surface area (Å²) in [6, 6.07) is 19.2. The van der Waals surface area contributed by atoms with Gasteiger partial charge in [0.05, 0.1) is 41.4 Å². The van der Waals surface area contributed by atoms with E-state index in [1.165, 1.54) is 11.5 Å². The molecule has 0 radical (unpaired) electrons. The molecule has 0 aliphatic carbocycles. The molecule has 2 N–H and O–H groups in total. The molecule has 0 spiro atoms. The van der Waals surface area contributed by atoms with Gasteiger partial charge in [-0.15, -0.1) is 0 Å². The van der Waals surface area contributed by atoms with Crippen LogP contribution in [0.2, 0.25) is 10.0 Å². The molecule has 13 heteroatoms. The second-order valence-corrected chi connectivity index (χ2v) is 13.9. The number of pyridine rings is 2. The van der Waals surface area contributed by atoms with Crippen LogP contribution in [0.4, 0.5) is 0 Å². The van der Waals surface area contributed by atoms with Crippen LogP contribution in [-0.4, -0.2) is 71.0 Å². The van der Waals surface area contributed by atoms with E-state index in [-0.39, 0.29) is 29.4 Å². The number of nitrogens with zero attached hydrogens (tertiary/aromatic N) is 4. The lowest BCUT2D eigenvalue weighted by Gasteiger charge is -2.16. The summed E-state index contributed by atoms with van der Waals surface area (Å²) < 4.78 is 12.1. The highest BCUT2D eigenvalue weighted by Gasteiger charge is 2.29. The van der Waals surface area contributed by atoms with Gasteiger partial charge in [0.15, 0.2) is 0 Å². The minimum Gasteiger partial charge on any atom is -0.481 e. The third-order valence-electron chi connectivity index (χ3n) is 9.78. The van der Waals surface area contributed by atoms with Gasteiger partial charge in [0.25, 0.3) is 5.56 Å². The summed E-state index contributed by atoms with van der Waals surface area (Å²) in [7, 11) is 2.99. The molecule has 0 bridgehead atoms. The van der Waals surface area contributed by atoms with Crippen molar-refractivity contribution in [2.75, 3.05) is 33.9 Å². The highest BCUT2D eigenvalue weighted by atomic mass is 35.5. The first-order valence-electron chi connectivity index (χ1n) is 17.2. The molecule has 52 heavy (non-hydrogen) atoms. The Morgan fingerprint density at radius 2 is 1.71 bits per heavy atom. The van der Waals surface area contributed by atoms with E-state index in [4.69, 9.17) is 37.7 Å². The van der Waals surface area contributed by atoms with E-state index in [9.17, 15) is 14.4 Å². The van der Waals surface area contributed by atoms with E-state index in [0.29, 0.717) is 78.4 Å². The smallest absolute Gasteiger partial charge is 0.310 e. The molecule has 7 rings (SSSR count). The van der Waals surface area contributed by atoms with Crippen LogP contribution in [0.3, 0.4) is 0 Å². The molecule has 5 heterocycles. The Balaban J connectivity index is 1.12. The van der Waals surface area contributed by atoms with Crippen molar-refractivity contribution in [1.82, 2.24) is 29.9 Å². The number of ether oxygens (including phenoxy) is 2. The molecule has 11 nitrogen and oxygen atoms in total. The average molecular weight is 742 g/mol. The fraction of sp³-hybridized carbons (Fsp3) is 0.308. The lowest BCUT2D eigenvalue weighted by Crippen LogP contribution is -2.35. The molecular formula is C39H38Cl2N6O5. The van der Waals surface area contributed by atoms with Crippen molar-refractivity contribution < 1.29 is 19.1 Å². The zero-order chi connectivity index (χ0) is 36.4. The topological polar surface area (TPSA) is 127 Å². The van der Waals surface area contributed by atoms with Crippen LogP contribution in [0.5, 0.6) is 5.88 Å². The number of halogens is 2. The zero-order valence-corrected chi connectivity index (χ0v) is 30.3. The molecule has 2 aliphatic rings. The van der Waals surface area contributed by atoms with Crippen molar-refractivity contribution in [2.45, 2.75) is 38.4 Å². The molecular weight excluding hydrogens is 703 g/mol. The number of fused-ring (bicyclic) bond motifs is 1. The number of amides is 1. The van der Waals surface area contributed by atoms with Gasteiger partial charge in [-0.3, -0.25) is 23.7 Å². The zero-order valence-electron chi connectivity index (χ0n) is 28.8. The Bertz CT molecular complexity index is 2230. The van der Waals surface area contributed by atoms with Gasteiger partial charge >= 0.3 is 5.97 Å². The fourth-order valence-electron chi connectivity index (χ4n) is 7.01. The minimum atomic E-state index is -0.220. The Hall–Kier alpha value is -4.81. The van der Waals surface area contributed by atoms with Gasteiger partial charge in [0.1, 0.15) is 5.65 Å². The first-order valence-corrected chi connectivity index (χ1v) is 17.9. The number of nitrogens with one attached hydrogen (secondary N) is 2. The van der Waals surface area contributed by atoms with Crippen LogP contribution in [0.15, 0.2) is 77.9 Å². The van der Waals surface area contributed by atoms with E-state index in [0.717, 1.165) is 39.8 Å². The summed E-state index contributed by atoms with van der Waals surface area (Å²) in [6.07, 6.45) is 5.42. The highest BCUT2D eigenvalue weighted by Crippen LogP contribution is 2.42. The number of hydrogen-bond donors (Lipinski definition) is 2. The van der Waals surface area contributed by atoms with Crippen LogP contribution < -0.4 is 20.9 Å². The Morgan fingerprint density at radius 1 is 0.962 bits per heavy atom. The first kappa shape index (κ1) is 35.6. The van der Waals surface area contributed by atoms with Crippen molar-refractivity contribution >= 4 is 40.7 Å². The van der Waals surface area contributed by atoms with Gasteiger partial charge in [0.2, 0.25) is 11.8 Å². The van der Waals surface area contributed by atoms with Crippen LogP contribution in [-0.2, 0) is 27.4 Å². The molecule has 5 aromatic rings. The summed E-state index contributed by atoms with van der Waals surface area (Å²) in [6.45, 7) is 2.87. The first-order chi connectivity index (χ1) is 25.2. The molecule has 2 aromatic carbocycles. The molecule has 2 fully saturated rings. The third kappa shape index (κ3) is 7.27. The Labute approximate surface area is 310 Å². The number of hydrogen-bond acceptors (Lipinski definition) is 9. The molecule has 2 saturated heterocycles. The normalized spacial score (nSPS) is 17.4. The van der Waals surface area contributed by atoms with Gasteiger partial charge in [0, 0.05) is 78.9 Å². The summed E-state index contributed by atoms with van der Waals surface area (Å²) >= 11 is 14.2. The number of likely N-dealkylation sites (tertiary alicyclic amines) is 1. The van der Waals surface area contributed by atoms with E-state index in [2.05, 4.69) is 20.5 Å². The lowest BCUT2D eigenvalue weighted by molar-refractivity contribution is -0.145. The molecule has 0 unspecified atom stereocenters. The SMILES string of the molecule is COC(=O)[C@H]1CCN(Cc2cnc3cc(-c4cccc(-c5cccc(-c6ccc(CNC[C@H]7CCC(=O)N7)c(OC)n6)c5Cl)c4Cl)ccn3c2=O)C1. The van der Waals surface area contributed by atoms with Crippen molar-refractivity contribution in [3.63, 3.8) is 0 Å². The van der Waals surface area contributed by atoms with Crippen LogP contribution >= 0.6 is 23.2 Å². The van der Waals surface area contributed by atoms with Crippen molar-refractivity contribution in [1.29, 1.82) is 0 Å². The summed E-state index contributed by atoms with van der Waals surface area (Å²) in [5, 5.41) is 7.35. The summed E-state index contributed by atoms with van der Waals surface area (Å²) in [5.74, 6) is 0.178. The average Bonchev–Trinajstić information content (AvgIpc) is 3.81. The van der Waals surface area contributed by atoms with E-state index in [1.807, 2.05) is 60.7 Å². The molecule has 268 valence electrons. The maximum atomic E-state index is 13.4. The molecule has 0 saturated carbocycles. The molecule has 2 atom stereocenters. The van der Waals surface area contributed by atoms with Gasteiger partial charge in [-0.05, 0) is 43.1 Å². The van der Waals surface area contributed by atoms with Crippen LogP contribution in [0.25, 0.3) is 39.2 Å². The van der Waals surface area contributed by atoms with Crippen molar-refractivity contribution in [2.24, 2.45) is 5.92 Å². The second-order valence-electron chi connectivity index (χ2n) is 13.1. The van der Waals surface area contributed by atoms with E-state index >= 15 is 0 Å². The van der Waals surface area contributed by atoms with E-state index < -0.39 is 0 Å². The molecule has 2 aliphatic heterocycles. The minimum absolute atomic E-state index is 0.0908. The number of benzene rings is 2. The number of carbonyl (C=O) groups is 2. The van der Waals surface area contributed by atoms with Gasteiger partial charge in [-0.25, -0.2) is 9.97 Å². The monoisotopic (exact) mass is 740 g/mol. The van der Waals surface area contributed by atoms with Gasteiger partial charge in [-0.1, -0.05) is 65.7 Å². The number of esters is 1. The molecule has 3 aromatic heterocycles. The quantitative estimate of drug-likeness (QED) is 0.162. The number of carbonyl (C=O) groups excluding carboxylic acids is 2. The highest BCUT2D eigenvalue weighted by molar-refractivity contribution is 6.39. The van der Waals surface area contributed by atoms with Gasteiger partial charge < -0.3 is 20.1 Å². The van der Waals surface area contributed by atoms with Crippen molar-refractivity contribution in [3.05, 3.63) is 105 Å². The van der Waals surface area contributed by atoms with Crippen molar-refractivity contribution in [3.8, 4) is 39.4 Å². The van der Waals surface area contributed by atoms with Gasteiger partial charge in [-0.2, -0.15) is 0 Å². The Kier molecular flexibility index (Phi) is 10.6. The third-order valence-corrected chi connectivity index (χ3v) is 10.6.